The van der Waals surface area contributed by atoms with Crippen LogP contribution in [0.25, 0.3) is 0 Å². The van der Waals surface area contributed by atoms with Crippen LogP contribution in [0.15, 0.2) is 65.6 Å². The van der Waals surface area contributed by atoms with Crippen molar-refractivity contribution in [3.63, 3.8) is 0 Å². The smallest absolute Gasteiger partial charge is 0.261 e. The Labute approximate surface area is 215 Å². The zero-order valence-electron chi connectivity index (χ0n) is 19.6. The zero-order chi connectivity index (χ0) is 25.8. The lowest BCUT2D eigenvalue weighted by molar-refractivity contribution is 0.122. The van der Waals surface area contributed by atoms with Gasteiger partial charge in [0, 0.05) is 12.1 Å². The molecule has 0 amide bonds. The first-order valence-corrected chi connectivity index (χ1v) is 12.9. The summed E-state index contributed by atoms with van der Waals surface area (Å²) in [6.45, 7) is 3.94. The molecule has 0 aromatic heterocycles. The highest BCUT2D eigenvalue weighted by atomic mass is 35.5. The van der Waals surface area contributed by atoms with Crippen LogP contribution in [0.4, 0.5) is 5.69 Å². The molecule has 3 rings (SSSR count). The van der Waals surface area contributed by atoms with E-state index >= 15 is 0 Å². The molecule has 0 fully saturated rings. The predicted octanol–water partition coefficient (Wildman–Crippen LogP) is 6.18. The van der Waals surface area contributed by atoms with Gasteiger partial charge in [0.2, 0.25) is 0 Å². The number of ether oxygens (including phenoxy) is 2. The van der Waals surface area contributed by atoms with Gasteiger partial charge in [0.15, 0.2) is 0 Å². The summed E-state index contributed by atoms with van der Waals surface area (Å²) in [4.78, 5) is 2.05. The SMILES string of the molecule is CC([C@H](C)Oc1cc(NS(=O)(=O)c2ccc(Oc3cccc(Cl)c3C#N)cc2)ccc1Cl)N(C)C. The molecule has 0 radical (unpaired) electrons. The lowest BCUT2D eigenvalue weighted by Gasteiger charge is -2.27. The van der Waals surface area contributed by atoms with Gasteiger partial charge in [0.1, 0.15) is 35.0 Å². The van der Waals surface area contributed by atoms with Crippen LogP contribution in [0.3, 0.4) is 0 Å². The van der Waals surface area contributed by atoms with E-state index in [0.29, 0.717) is 22.2 Å². The van der Waals surface area contributed by atoms with E-state index in [4.69, 9.17) is 32.7 Å². The van der Waals surface area contributed by atoms with Gasteiger partial charge >= 0.3 is 0 Å². The van der Waals surface area contributed by atoms with Gasteiger partial charge in [0.25, 0.3) is 10.0 Å². The molecular formula is C25H25Cl2N3O4S. The van der Waals surface area contributed by atoms with Crippen molar-refractivity contribution in [3.05, 3.63) is 76.3 Å². The van der Waals surface area contributed by atoms with Crippen LogP contribution in [0.1, 0.15) is 19.4 Å². The summed E-state index contributed by atoms with van der Waals surface area (Å²) in [5.41, 5.74) is 0.509. The van der Waals surface area contributed by atoms with E-state index in [1.54, 1.807) is 36.4 Å². The Hall–Kier alpha value is -2.96. The number of likely N-dealkylation sites (N-methyl/N-ethyl adjacent to an activating group) is 1. The number of nitrogens with one attached hydrogen (secondary N) is 1. The summed E-state index contributed by atoms with van der Waals surface area (Å²) >= 11 is 12.3. The van der Waals surface area contributed by atoms with E-state index in [0.717, 1.165) is 0 Å². The molecule has 0 heterocycles. The summed E-state index contributed by atoms with van der Waals surface area (Å²) in [5, 5.41) is 9.93. The molecule has 0 bridgehead atoms. The average molecular weight is 534 g/mol. The van der Waals surface area contributed by atoms with Gasteiger partial charge in [0.05, 0.1) is 20.6 Å². The van der Waals surface area contributed by atoms with Crippen molar-refractivity contribution in [2.45, 2.75) is 30.9 Å². The highest BCUT2D eigenvalue weighted by molar-refractivity contribution is 7.92. The summed E-state index contributed by atoms with van der Waals surface area (Å²) in [6, 6.07) is 17.5. The van der Waals surface area contributed by atoms with Crippen LogP contribution >= 0.6 is 23.2 Å². The van der Waals surface area contributed by atoms with Gasteiger partial charge in [-0.2, -0.15) is 5.26 Å². The molecule has 35 heavy (non-hydrogen) atoms. The molecule has 0 aliphatic heterocycles. The van der Waals surface area contributed by atoms with Crippen molar-refractivity contribution in [2.75, 3.05) is 18.8 Å². The van der Waals surface area contributed by atoms with Crippen molar-refractivity contribution in [2.24, 2.45) is 0 Å². The Morgan fingerprint density at radius 3 is 2.29 bits per heavy atom. The second-order valence-electron chi connectivity index (χ2n) is 8.08. The summed E-state index contributed by atoms with van der Waals surface area (Å²) < 4.78 is 40.1. The van der Waals surface area contributed by atoms with Crippen molar-refractivity contribution in [3.8, 4) is 23.3 Å². The van der Waals surface area contributed by atoms with E-state index in [9.17, 15) is 13.7 Å². The number of hydrogen-bond donors (Lipinski definition) is 1. The van der Waals surface area contributed by atoms with Crippen molar-refractivity contribution >= 4 is 38.9 Å². The second-order valence-corrected chi connectivity index (χ2v) is 10.6. The van der Waals surface area contributed by atoms with E-state index in [-0.39, 0.29) is 33.4 Å². The highest BCUT2D eigenvalue weighted by Gasteiger charge is 2.19. The third-order valence-corrected chi connectivity index (χ3v) is 7.46. The number of halogens is 2. The molecule has 0 aliphatic carbocycles. The first-order chi connectivity index (χ1) is 16.5. The van der Waals surface area contributed by atoms with Crippen LogP contribution in [-0.2, 0) is 10.0 Å². The van der Waals surface area contributed by atoms with Gasteiger partial charge in [-0.05, 0) is 76.5 Å². The molecule has 1 unspecified atom stereocenters. The maximum Gasteiger partial charge on any atom is 0.261 e. The second kappa shape index (κ2) is 11.2. The van der Waals surface area contributed by atoms with Crippen LogP contribution in [0, 0.1) is 11.3 Å². The average Bonchev–Trinajstić information content (AvgIpc) is 2.81. The lowest BCUT2D eigenvalue weighted by atomic mass is 10.2. The Balaban J connectivity index is 1.76. The Morgan fingerprint density at radius 2 is 1.66 bits per heavy atom. The fourth-order valence-corrected chi connectivity index (χ4v) is 4.52. The van der Waals surface area contributed by atoms with Crippen LogP contribution < -0.4 is 14.2 Å². The number of hydrogen-bond acceptors (Lipinski definition) is 6. The quantitative estimate of drug-likeness (QED) is 0.353. The molecule has 2 atom stereocenters. The van der Waals surface area contributed by atoms with E-state index < -0.39 is 10.0 Å². The third kappa shape index (κ3) is 6.59. The minimum Gasteiger partial charge on any atom is -0.487 e. The normalized spacial score (nSPS) is 13.1. The molecule has 7 nitrogen and oxygen atoms in total. The maximum absolute atomic E-state index is 12.9. The minimum absolute atomic E-state index is 0.0310. The van der Waals surface area contributed by atoms with Gasteiger partial charge < -0.3 is 14.4 Å². The van der Waals surface area contributed by atoms with E-state index in [1.807, 2.05) is 38.9 Å². The molecule has 0 saturated heterocycles. The monoisotopic (exact) mass is 533 g/mol. The Bertz CT molecular complexity index is 1340. The van der Waals surface area contributed by atoms with Gasteiger partial charge in [-0.25, -0.2) is 8.42 Å². The Morgan fingerprint density at radius 1 is 0.971 bits per heavy atom. The highest BCUT2D eigenvalue weighted by Crippen LogP contribution is 2.32. The predicted molar refractivity (Wildman–Crippen MR) is 138 cm³/mol. The first kappa shape index (κ1) is 26.6. The van der Waals surface area contributed by atoms with Crippen molar-refractivity contribution < 1.29 is 17.9 Å². The topological polar surface area (TPSA) is 91.7 Å². The molecule has 184 valence electrons. The van der Waals surface area contributed by atoms with Crippen LogP contribution in [0.5, 0.6) is 17.2 Å². The fourth-order valence-electron chi connectivity index (χ4n) is 3.10. The molecule has 1 N–H and O–H groups in total. The van der Waals surface area contributed by atoms with Crippen LogP contribution in [-0.4, -0.2) is 39.6 Å². The van der Waals surface area contributed by atoms with Gasteiger partial charge in [-0.3, -0.25) is 4.72 Å². The number of nitrogens with zero attached hydrogens (tertiary/aromatic N) is 2. The number of benzene rings is 3. The number of rotatable bonds is 9. The van der Waals surface area contributed by atoms with Gasteiger partial charge in [-0.1, -0.05) is 29.3 Å². The summed E-state index contributed by atoms with van der Waals surface area (Å²) in [5.74, 6) is 1.01. The standard InChI is InChI=1S/C25H25Cl2N3O4S/c1-16(30(3)4)17(2)33-25-14-18(8-13-23(25)27)29-35(31,32)20-11-9-19(10-12-20)34-24-7-5-6-22(26)21(24)15-28/h5-14,16-17,29H,1-4H3/t16?,17-/m0/s1. The molecule has 3 aromatic carbocycles. The van der Waals surface area contributed by atoms with Crippen molar-refractivity contribution in [1.29, 1.82) is 5.26 Å². The maximum atomic E-state index is 12.9. The lowest BCUT2D eigenvalue weighted by Crippen LogP contribution is -2.38. The van der Waals surface area contributed by atoms with Crippen molar-refractivity contribution in [1.82, 2.24) is 4.90 Å². The van der Waals surface area contributed by atoms with E-state index in [1.165, 1.54) is 24.3 Å². The van der Waals surface area contributed by atoms with Crippen LogP contribution in [0.2, 0.25) is 10.0 Å². The van der Waals surface area contributed by atoms with E-state index in [2.05, 4.69) is 4.72 Å². The molecule has 10 heteroatoms. The molecular weight excluding hydrogens is 509 g/mol. The molecule has 0 aliphatic rings. The first-order valence-electron chi connectivity index (χ1n) is 10.6. The molecule has 0 saturated carbocycles. The fraction of sp³-hybridized carbons (Fsp3) is 0.240. The number of nitriles is 1. The summed E-state index contributed by atoms with van der Waals surface area (Å²) in [6.07, 6.45) is -0.178. The largest absolute Gasteiger partial charge is 0.487 e. The van der Waals surface area contributed by atoms with Gasteiger partial charge in [-0.15, -0.1) is 0 Å². The summed E-state index contributed by atoms with van der Waals surface area (Å²) in [7, 11) is 0.00147. The Kier molecular flexibility index (Phi) is 8.51. The third-order valence-electron chi connectivity index (χ3n) is 5.44. The number of sulfonamides is 1. The number of anilines is 1. The molecule has 0 spiro atoms. The zero-order valence-corrected chi connectivity index (χ0v) is 21.9. The molecule has 3 aromatic rings. The minimum atomic E-state index is -3.90.